The number of likely N-dealkylation sites (N-methyl/N-ethyl adjacent to an activating group) is 1. The summed E-state index contributed by atoms with van der Waals surface area (Å²) in [6.07, 6.45) is 2.80. The van der Waals surface area contributed by atoms with Crippen LogP contribution in [0, 0.1) is 5.41 Å². The second-order valence-corrected chi connectivity index (χ2v) is 5.39. The molecule has 1 heterocycles. The highest BCUT2D eigenvalue weighted by Crippen LogP contribution is 2.23. The number of hydrogen-bond acceptors (Lipinski definition) is 3. The zero-order valence-corrected chi connectivity index (χ0v) is 11.6. The van der Waals surface area contributed by atoms with Crippen LogP contribution in [-0.2, 0) is 6.42 Å². The Kier molecular flexibility index (Phi) is 4.94. The van der Waals surface area contributed by atoms with Gasteiger partial charge in [0.15, 0.2) is 0 Å². The Morgan fingerprint density at radius 3 is 2.65 bits per heavy atom. The van der Waals surface area contributed by atoms with Gasteiger partial charge in [-0.05, 0) is 30.0 Å². The summed E-state index contributed by atoms with van der Waals surface area (Å²) in [6, 6.07) is 4.52. The molecule has 3 nitrogen and oxygen atoms in total. The monoisotopic (exact) mass is 236 g/mol. The van der Waals surface area contributed by atoms with Crippen molar-refractivity contribution in [3.63, 3.8) is 0 Å². The summed E-state index contributed by atoms with van der Waals surface area (Å²) in [5, 5.41) is 3.55. The van der Waals surface area contributed by atoms with Crippen molar-refractivity contribution < 1.29 is 4.74 Å². The van der Waals surface area contributed by atoms with Crippen molar-refractivity contribution in [3.05, 3.63) is 23.9 Å². The summed E-state index contributed by atoms with van der Waals surface area (Å²) < 4.78 is 5.15. The SMILES string of the molecule is CCNC(Cc1ccnc(OC)c1)C(C)(C)C. The van der Waals surface area contributed by atoms with Gasteiger partial charge in [0, 0.05) is 18.3 Å². The molecule has 0 aromatic carbocycles. The second-order valence-electron chi connectivity index (χ2n) is 5.39. The fourth-order valence-corrected chi connectivity index (χ4v) is 1.86. The minimum atomic E-state index is 0.243. The van der Waals surface area contributed by atoms with Crippen molar-refractivity contribution in [2.75, 3.05) is 13.7 Å². The van der Waals surface area contributed by atoms with E-state index in [2.05, 4.69) is 44.1 Å². The molecule has 0 aliphatic carbocycles. The average Bonchev–Trinajstić information content (AvgIpc) is 2.27. The molecule has 1 unspecified atom stereocenters. The maximum Gasteiger partial charge on any atom is 0.213 e. The molecule has 0 saturated heterocycles. The molecular formula is C14H24N2O. The molecule has 1 atom stereocenters. The van der Waals surface area contributed by atoms with Crippen LogP contribution in [0.3, 0.4) is 0 Å². The van der Waals surface area contributed by atoms with Crippen LogP contribution in [-0.4, -0.2) is 24.7 Å². The molecule has 17 heavy (non-hydrogen) atoms. The van der Waals surface area contributed by atoms with Gasteiger partial charge in [-0.3, -0.25) is 0 Å². The molecule has 0 radical (unpaired) electrons. The summed E-state index contributed by atoms with van der Waals surface area (Å²) in [4.78, 5) is 4.13. The van der Waals surface area contributed by atoms with Crippen molar-refractivity contribution in [2.45, 2.75) is 40.2 Å². The second kappa shape index (κ2) is 6.01. The standard InChI is InChI=1S/C14H24N2O/c1-6-15-12(14(2,3)4)9-11-7-8-16-13(10-11)17-5/h7-8,10,12,15H,6,9H2,1-5H3. The Bertz CT molecular complexity index is 344. The summed E-state index contributed by atoms with van der Waals surface area (Å²) in [5.74, 6) is 0.687. The predicted octanol–water partition coefficient (Wildman–Crippen LogP) is 2.66. The number of ether oxygens (including phenoxy) is 1. The molecule has 1 aromatic heterocycles. The van der Waals surface area contributed by atoms with Crippen LogP contribution in [0.15, 0.2) is 18.3 Å². The lowest BCUT2D eigenvalue weighted by Gasteiger charge is -2.31. The van der Waals surface area contributed by atoms with E-state index >= 15 is 0 Å². The molecule has 1 aromatic rings. The summed E-state index contributed by atoms with van der Waals surface area (Å²) in [6.45, 7) is 9.92. The first-order valence-electron chi connectivity index (χ1n) is 6.19. The quantitative estimate of drug-likeness (QED) is 0.853. The van der Waals surface area contributed by atoms with Crippen LogP contribution in [0.1, 0.15) is 33.3 Å². The molecule has 1 rings (SSSR count). The van der Waals surface area contributed by atoms with Gasteiger partial charge in [-0.25, -0.2) is 4.98 Å². The minimum absolute atomic E-state index is 0.243. The predicted molar refractivity (Wildman–Crippen MR) is 71.4 cm³/mol. The summed E-state index contributed by atoms with van der Waals surface area (Å²) in [5.41, 5.74) is 1.50. The van der Waals surface area contributed by atoms with Crippen molar-refractivity contribution in [1.29, 1.82) is 0 Å². The third kappa shape index (κ3) is 4.35. The Hall–Kier alpha value is -1.09. The molecular weight excluding hydrogens is 212 g/mol. The molecule has 0 aliphatic rings. The first kappa shape index (κ1) is 14.0. The maximum atomic E-state index is 5.15. The largest absolute Gasteiger partial charge is 0.481 e. The molecule has 3 heteroatoms. The fourth-order valence-electron chi connectivity index (χ4n) is 1.86. The molecule has 0 aliphatic heterocycles. The number of hydrogen-bond donors (Lipinski definition) is 1. The highest BCUT2D eigenvalue weighted by atomic mass is 16.5. The van der Waals surface area contributed by atoms with Crippen molar-refractivity contribution in [3.8, 4) is 5.88 Å². The number of pyridine rings is 1. The number of nitrogens with one attached hydrogen (secondary N) is 1. The van der Waals surface area contributed by atoms with Crippen LogP contribution in [0.4, 0.5) is 0 Å². The first-order valence-corrected chi connectivity index (χ1v) is 6.19. The van der Waals surface area contributed by atoms with Crippen molar-refractivity contribution >= 4 is 0 Å². The highest BCUT2D eigenvalue weighted by Gasteiger charge is 2.23. The van der Waals surface area contributed by atoms with E-state index in [1.165, 1.54) is 5.56 Å². The van der Waals surface area contributed by atoms with Crippen LogP contribution in [0.5, 0.6) is 5.88 Å². The zero-order chi connectivity index (χ0) is 12.9. The molecule has 0 fully saturated rings. The Morgan fingerprint density at radius 1 is 1.41 bits per heavy atom. The van der Waals surface area contributed by atoms with Gasteiger partial charge in [0.1, 0.15) is 0 Å². The molecule has 0 amide bonds. The number of nitrogens with zero attached hydrogens (tertiary/aromatic N) is 1. The number of rotatable bonds is 5. The maximum absolute atomic E-state index is 5.15. The van der Waals surface area contributed by atoms with Gasteiger partial charge in [0.2, 0.25) is 5.88 Å². The van der Waals surface area contributed by atoms with Gasteiger partial charge < -0.3 is 10.1 Å². The smallest absolute Gasteiger partial charge is 0.213 e. The van der Waals surface area contributed by atoms with Gasteiger partial charge in [0.25, 0.3) is 0 Å². The highest BCUT2D eigenvalue weighted by molar-refractivity contribution is 5.21. The molecule has 0 spiro atoms. The lowest BCUT2D eigenvalue weighted by Crippen LogP contribution is -2.41. The molecule has 96 valence electrons. The minimum Gasteiger partial charge on any atom is -0.481 e. The first-order chi connectivity index (χ1) is 7.97. The van der Waals surface area contributed by atoms with E-state index in [-0.39, 0.29) is 5.41 Å². The number of methoxy groups -OCH3 is 1. The topological polar surface area (TPSA) is 34.2 Å². The van der Waals surface area contributed by atoms with Gasteiger partial charge in [-0.1, -0.05) is 27.7 Å². The third-order valence-corrected chi connectivity index (χ3v) is 2.94. The molecule has 0 saturated carbocycles. The number of aromatic nitrogens is 1. The van der Waals surface area contributed by atoms with Crippen LogP contribution in [0.2, 0.25) is 0 Å². The average molecular weight is 236 g/mol. The third-order valence-electron chi connectivity index (χ3n) is 2.94. The van der Waals surface area contributed by atoms with E-state index in [0.29, 0.717) is 11.9 Å². The van der Waals surface area contributed by atoms with Crippen LogP contribution >= 0.6 is 0 Å². The fraction of sp³-hybridized carbons (Fsp3) is 0.643. The summed E-state index contributed by atoms with van der Waals surface area (Å²) in [7, 11) is 1.65. The van der Waals surface area contributed by atoms with Crippen LogP contribution < -0.4 is 10.1 Å². The van der Waals surface area contributed by atoms with E-state index in [9.17, 15) is 0 Å². The van der Waals surface area contributed by atoms with Gasteiger partial charge >= 0.3 is 0 Å². The van der Waals surface area contributed by atoms with Gasteiger partial charge in [0.05, 0.1) is 7.11 Å². The van der Waals surface area contributed by atoms with Gasteiger partial charge in [-0.2, -0.15) is 0 Å². The van der Waals surface area contributed by atoms with Crippen LogP contribution in [0.25, 0.3) is 0 Å². The van der Waals surface area contributed by atoms with Crippen molar-refractivity contribution in [1.82, 2.24) is 10.3 Å². The molecule has 1 N–H and O–H groups in total. The van der Waals surface area contributed by atoms with E-state index < -0.39 is 0 Å². The van der Waals surface area contributed by atoms with E-state index in [4.69, 9.17) is 4.74 Å². The Balaban J connectivity index is 2.78. The van der Waals surface area contributed by atoms with E-state index in [1.807, 2.05) is 6.07 Å². The normalized spacial score (nSPS) is 13.5. The zero-order valence-electron chi connectivity index (χ0n) is 11.6. The Morgan fingerprint density at radius 2 is 2.12 bits per heavy atom. The van der Waals surface area contributed by atoms with Gasteiger partial charge in [-0.15, -0.1) is 0 Å². The lowest BCUT2D eigenvalue weighted by atomic mass is 9.83. The lowest BCUT2D eigenvalue weighted by molar-refractivity contribution is 0.270. The Labute approximate surface area is 105 Å². The van der Waals surface area contributed by atoms with E-state index in [0.717, 1.165) is 13.0 Å². The van der Waals surface area contributed by atoms with Crippen molar-refractivity contribution in [2.24, 2.45) is 5.41 Å². The summed E-state index contributed by atoms with van der Waals surface area (Å²) >= 11 is 0. The molecule has 0 bridgehead atoms. The van der Waals surface area contributed by atoms with E-state index in [1.54, 1.807) is 13.3 Å².